The first kappa shape index (κ1) is 20.9. The summed E-state index contributed by atoms with van der Waals surface area (Å²) in [6, 6.07) is 1.85. The molecule has 3 heterocycles. The van der Waals surface area contributed by atoms with Gasteiger partial charge in [-0.1, -0.05) is 20.3 Å². The molecule has 154 valence electrons. The Hall–Kier alpha value is -1.79. The molecule has 0 radical (unpaired) electrons. The Labute approximate surface area is 172 Å². The van der Waals surface area contributed by atoms with Gasteiger partial charge in [-0.05, 0) is 62.4 Å². The molecular weight excluding hydrogens is 374 g/mol. The summed E-state index contributed by atoms with van der Waals surface area (Å²) < 4.78 is 1.78. The Morgan fingerprint density at radius 2 is 2.18 bits per heavy atom. The molecule has 0 spiro atoms. The molecule has 6 nitrogen and oxygen atoms in total. The monoisotopic (exact) mass is 405 g/mol. The highest BCUT2D eigenvalue weighted by atomic mass is 35.5. The van der Waals surface area contributed by atoms with Gasteiger partial charge in [0.05, 0.1) is 5.56 Å². The number of fused-ring (bicyclic) bond motifs is 1. The van der Waals surface area contributed by atoms with Gasteiger partial charge in [0.25, 0.3) is 5.91 Å². The first-order valence-corrected chi connectivity index (χ1v) is 10.9. The number of hydrogen-bond acceptors (Lipinski definition) is 4. The fourth-order valence-corrected chi connectivity index (χ4v) is 4.07. The van der Waals surface area contributed by atoms with E-state index in [2.05, 4.69) is 22.1 Å². The summed E-state index contributed by atoms with van der Waals surface area (Å²) in [5.74, 6) is 1.55. The Morgan fingerprint density at radius 1 is 1.43 bits per heavy atom. The second-order valence-corrected chi connectivity index (χ2v) is 8.23. The number of aromatic nitrogens is 2. The molecule has 1 unspecified atom stereocenters. The van der Waals surface area contributed by atoms with Gasteiger partial charge < -0.3 is 16.0 Å². The molecule has 1 fully saturated rings. The number of piperidine rings is 1. The van der Waals surface area contributed by atoms with E-state index in [4.69, 9.17) is 17.3 Å². The van der Waals surface area contributed by atoms with Crippen molar-refractivity contribution in [3.63, 3.8) is 0 Å². The van der Waals surface area contributed by atoms with Gasteiger partial charge in [0, 0.05) is 24.8 Å². The van der Waals surface area contributed by atoms with E-state index in [9.17, 15) is 4.79 Å². The van der Waals surface area contributed by atoms with Crippen molar-refractivity contribution in [1.82, 2.24) is 19.6 Å². The number of nitrogens with one attached hydrogen (secondary N) is 1. The summed E-state index contributed by atoms with van der Waals surface area (Å²) >= 11 is 6.04. The SMILES string of the molecule is CCCCN1CCC(CNC(=O)c2cc(C(C)CCl)c(N)n3ccnc23)CC1. The number of amides is 1. The van der Waals surface area contributed by atoms with Gasteiger partial charge in [-0.2, -0.15) is 0 Å². The molecule has 1 aliphatic rings. The number of unbranched alkanes of at least 4 members (excludes halogenated alkanes) is 1. The molecule has 1 amide bonds. The van der Waals surface area contributed by atoms with Crippen LogP contribution in [0, 0.1) is 5.92 Å². The van der Waals surface area contributed by atoms with Crippen molar-refractivity contribution in [1.29, 1.82) is 0 Å². The number of likely N-dealkylation sites (tertiary alicyclic amines) is 1. The van der Waals surface area contributed by atoms with E-state index in [1.165, 1.54) is 19.4 Å². The number of nitrogens with zero attached hydrogens (tertiary/aromatic N) is 3. The Kier molecular flexibility index (Phi) is 7.18. The number of alkyl halides is 1. The third kappa shape index (κ3) is 4.61. The van der Waals surface area contributed by atoms with Crippen LogP contribution in [0.3, 0.4) is 0 Å². The van der Waals surface area contributed by atoms with Crippen molar-refractivity contribution in [3.05, 3.63) is 29.6 Å². The smallest absolute Gasteiger partial charge is 0.255 e. The maximum Gasteiger partial charge on any atom is 0.255 e. The minimum absolute atomic E-state index is 0.0625. The van der Waals surface area contributed by atoms with Crippen LogP contribution in [0.5, 0.6) is 0 Å². The Bertz CT molecular complexity index is 797. The number of anilines is 1. The third-order valence-electron chi connectivity index (χ3n) is 5.83. The van der Waals surface area contributed by atoms with Crippen LogP contribution in [-0.4, -0.2) is 52.3 Å². The molecule has 0 aliphatic carbocycles. The quantitative estimate of drug-likeness (QED) is 0.659. The molecule has 1 saturated heterocycles. The lowest BCUT2D eigenvalue weighted by atomic mass is 9.96. The van der Waals surface area contributed by atoms with Crippen LogP contribution in [0.25, 0.3) is 5.65 Å². The van der Waals surface area contributed by atoms with Crippen molar-refractivity contribution >= 4 is 29.0 Å². The van der Waals surface area contributed by atoms with E-state index in [0.29, 0.717) is 35.4 Å². The van der Waals surface area contributed by atoms with E-state index in [1.807, 2.05) is 13.0 Å². The van der Waals surface area contributed by atoms with Crippen LogP contribution in [0.1, 0.15) is 61.4 Å². The lowest BCUT2D eigenvalue weighted by molar-refractivity contribution is 0.0937. The largest absolute Gasteiger partial charge is 0.385 e. The molecule has 0 bridgehead atoms. The average molecular weight is 406 g/mol. The van der Waals surface area contributed by atoms with Crippen molar-refractivity contribution in [2.75, 3.05) is 37.8 Å². The summed E-state index contributed by atoms with van der Waals surface area (Å²) in [6.45, 7) is 8.40. The van der Waals surface area contributed by atoms with E-state index < -0.39 is 0 Å². The summed E-state index contributed by atoms with van der Waals surface area (Å²) in [6.07, 6.45) is 8.24. The van der Waals surface area contributed by atoms with Gasteiger partial charge in [-0.15, -0.1) is 11.6 Å². The summed E-state index contributed by atoms with van der Waals surface area (Å²) in [5.41, 5.74) is 8.31. The van der Waals surface area contributed by atoms with Crippen LogP contribution in [-0.2, 0) is 0 Å². The number of pyridine rings is 1. The highest BCUT2D eigenvalue weighted by Crippen LogP contribution is 2.27. The second-order valence-electron chi connectivity index (χ2n) is 7.92. The zero-order valence-corrected chi connectivity index (χ0v) is 17.7. The lowest BCUT2D eigenvalue weighted by Gasteiger charge is -2.32. The van der Waals surface area contributed by atoms with Gasteiger partial charge in [0.2, 0.25) is 0 Å². The number of imidazole rings is 1. The molecule has 0 saturated carbocycles. The molecule has 3 rings (SSSR count). The summed E-state index contributed by atoms with van der Waals surface area (Å²) in [7, 11) is 0. The maximum atomic E-state index is 12.9. The number of nitrogens with two attached hydrogens (primary N) is 1. The van der Waals surface area contributed by atoms with E-state index >= 15 is 0 Å². The van der Waals surface area contributed by atoms with Crippen LogP contribution in [0.4, 0.5) is 5.82 Å². The zero-order chi connectivity index (χ0) is 20.1. The normalized spacial score (nSPS) is 17.1. The zero-order valence-electron chi connectivity index (χ0n) is 17.0. The highest BCUT2D eigenvalue weighted by molar-refractivity contribution is 6.18. The fraction of sp³-hybridized carbons (Fsp3) is 0.619. The first-order valence-electron chi connectivity index (χ1n) is 10.4. The number of rotatable bonds is 8. The molecule has 1 aliphatic heterocycles. The third-order valence-corrected chi connectivity index (χ3v) is 6.29. The molecule has 28 heavy (non-hydrogen) atoms. The van der Waals surface area contributed by atoms with E-state index in [1.54, 1.807) is 16.8 Å². The van der Waals surface area contributed by atoms with Crippen molar-refractivity contribution in [2.24, 2.45) is 5.92 Å². The Morgan fingerprint density at radius 3 is 2.86 bits per heavy atom. The van der Waals surface area contributed by atoms with Crippen LogP contribution >= 0.6 is 11.6 Å². The number of halogens is 1. The minimum atomic E-state index is -0.0902. The predicted molar refractivity (Wildman–Crippen MR) is 115 cm³/mol. The molecule has 1 atom stereocenters. The number of nitrogen functional groups attached to an aromatic ring is 1. The molecule has 2 aromatic heterocycles. The minimum Gasteiger partial charge on any atom is -0.385 e. The van der Waals surface area contributed by atoms with E-state index in [-0.39, 0.29) is 11.8 Å². The van der Waals surface area contributed by atoms with E-state index in [0.717, 1.165) is 31.5 Å². The summed E-state index contributed by atoms with van der Waals surface area (Å²) in [5, 5.41) is 3.13. The molecule has 3 N–H and O–H groups in total. The van der Waals surface area contributed by atoms with Gasteiger partial charge in [0.1, 0.15) is 5.82 Å². The average Bonchev–Trinajstić information content (AvgIpc) is 3.21. The van der Waals surface area contributed by atoms with Crippen LogP contribution in [0.2, 0.25) is 0 Å². The summed E-state index contributed by atoms with van der Waals surface area (Å²) in [4.78, 5) is 19.8. The number of carbonyl (C=O) groups is 1. The van der Waals surface area contributed by atoms with Gasteiger partial charge in [0.15, 0.2) is 5.65 Å². The standard InChI is InChI=1S/C21H32ClN5O/c1-3-4-8-26-9-5-16(6-10-26)14-25-21(28)18-12-17(15(2)13-22)19(23)27-11-7-24-20(18)27/h7,11-12,15-16H,3-6,8-10,13-14,23H2,1-2H3,(H,25,28). The molecule has 7 heteroatoms. The first-order chi connectivity index (χ1) is 13.5. The maximum absolute atomic E-state index is 12.9. The van der Waals surface area contributed by atoms with Crippen LogP contribution < -0.4 is 11.1 Å². The molecule has 2 aromatic rings. The molecule has 0 aromatic carbocycles. The van der Waals surface area contributed by atoms with Crippen molar-refractivity contribution < 1.29 is 4.79 Å². The topological polar surface area (TPSA) is 75.7 Å². The van der Waals surface area contributed by atoms with Crippen LogP contribution in [0.15, 0.2) is 18.5 Å². The molecular formula is C21H32ClN5O. The van der Waals surface area contributed by atoms with Gasteiger partial charge in [-0.25, -0.2) is 4.98 Å². The van der Waals surface area contributed by atoms with Gasteiger partial charge >= 0.3 is 0 Å². The second kappa shape index (κ2) is 9.61. The van der Waals surface area contributed by atoms with Gasteiger partial charge in [-0.3, -0.25) is 9.20 Å². The number of hydrogen-bond donors (Lipinski definition) is 2. The number of carbonyl (C=O) groups excluding carboxylic acids is 1. The Balaban J connectivity index is 1.66. The van der Waals surface area contributed by atoms with Crippen molar-refractivity contribution in [2.45, 2.75) is 45.4 Å². The lowest BCUT2D eigenvalue weighted by Crippen LogP contribution is -2.39. The predicted octanol–water partition coefficient (Wildman–Crippen LogP) is 3.50. The van der Waals surface area contributed by atoms with Crippen molar-refractivity contribution in [3.8, 4) is 0 Å². The highest BCUT2D eigenvalue weighted by Gasteiger charge is 2.22. The fourth-order valence-electron chi connectivity index (χ4n) is 3.90.